The number of hydrogen-bond acceptors (Lipinski definition) is 5. The summed E-state index contributed by atoms with van der Waals surface area (Å²) >= 11 is 0. The second-order valence-corrected chi connectivity index (χ2v) is 4.90. The van der Waals surface area contributed by atoms with Gasteiger partial charge in [-0.2, -0.15) is 0 Å². The van der Waals surface area contributed by atoms with E-state index in [9.17, 15) is 15.0 Å². The van der Waals surface area contributed by atoms with Crippen molar-refractivity contribution in [2.24, 2.45) is 0 Å². The molecule has 1 heterocycles. The molecule has 1 unspecified atom stereocenters. The van der Waals surface area contributed by atoms with Crippen molar-refractivity contribution in [1.29, 1.82) is 0 Å². The summed E-state index contributed by atoms with van der Waals surface area (Å²) in [4.78, 5) is 16.2. The Morgan fingerprint density at radius 1 is 1.14 bits per heavy atom. The highest BCUT2D eigenvalue weighted by Gasteiger charge is 2.24. The van der Waals surface area contributed by atoms with E-state index in [1.807, 2.05) is 0 Å². The molecule has 2 rings (SSSR count). The van der Waals surface area contributed by atoms with E-state index in [2.05, 4.69) is 10.3 Å². The highest BCUT2D eigenvalue weighted by atomic mass is 16.3. The van der Waals surface area contributed by atoms with Gasteiger partial charge in [-0.15, -0.1) is 0 Å². The first-order chi connectivity index (χ1) is 10.5. The molecule has 3 N–H and O–H groups in total. The molecular formula is C17H18N2O3. The van der Waals surface area contributed by atoms with E-state index >= 15 is 0 Å². The number of nitrogens with zero attached hydrogens (tertiary/aromatic N) is 1. The Labute approximate surface area is 129 Å². The third-order valence-electron chi connectivity index (χ3n) is 3.25. The molecule has 0 fully saturated rings. The number of phenols is 1. The van der Waals surface area contributed by atoms with Crippen LogP contribution >= 0.6 is 0 Å². The highest BCUT2D eigenvalue weighted by molar-refractivity contribution is 5.95. The van der Waals surface area contributed by atoms with Crippen LogP contribution in [0.3, 0.4) is 0 Å². The second-order valence-electron chi connectivity index (χ2n) is 4.90. The Morgan fingerprint density at radius 3 is 2.36 bits per heavy atom. The fourth-order valence-electron chi connectivity index (χ4n) is 2.26. The molecule has 0 aliphatic heterocycles. The van der Waals surface area contributed by atoms with Crippen molar-refractivity contribution in [3.05, 3.63) is 65.7 Å². The monoisotopic (exact) mass is 298 g/mol. The number of ketones is 1. The van der Waals surface area contributed by atoms with Gasteiger partial charge in [-0.05, 0) is 38.1 Å². The van der Waals surface area contributed by atoms with Crippen molar-refractivity contribution in [2.75, 3.05) is 5.32 Å². The van der Waals surface area contributed by atoms with E-state index < -0.39 is 6.04 Å². The number of aliphatic hydroxyl groups excluding tert-OH is 1. The minimum Gasteiger partial charge on any atom is -0.512 e. The Morgan fingerprint density at radius 2 is 1.82 bits per heavy atom. The van der Waals surface area contributed by atoms with Crippen molar-refractivity contribution in [2.45, 2.75) is 19.9 Å². The molecule has 5 nitrogen and oxygen atoms in total. The van der Waals surface area contributed by atoms with Crippen molar-refractivity contribution in [1.82, 2.24) is 4.98 Å². The summed E-state index contributed by atoms with van der Waals surface area (Å²) in [6.45, 7) is 2.84. The van der Waals surface area contributed by atoms with Crippen LogP contribution in [0.4, 0.5) is 5.69 Å². The number of nitrogens with one attached hydrogen (secondary N) is 1. The number of rotatable bonds is 5. The molecule has 0 aliphatic rings. The number of Topliss-reactive ketones (excluding diaryl/α,β-unsaturated/α-hetero) is 1. The summed E-state index contributed by atoms with van der Waals surface area (Å²) < 4.78 is 0. The number of hydrogen-bond donors (Lipinski definition) is 3. The fourth-order valence-corrected chi connectivity index (χ4v) is 2.26. The predicted molar refractivity (Wildman–Crippen MR) is 84.7 cm³/mol. The van der Waals surface area contributed by atoms with Gasteiger partial charge in [-0.1, -0.05) is 18.2 Å². The first-order valence-electron chi connectivity index (χ1n) is 6.87. The Kier molecular flexibility index (Phi) is 4.78. The summed E-state index contributed by atoms with van der Waals surface area (Å²) in [5, 5.41) is 22.9. The molecule has 0 spiro atoms. The standard InChI is InChI=1S/C17H18N2O3/c1-11(20)16(12(2)21)17(14-8-5-6-10-18-14)19-13-7-3-4-9-15(13)22/h3-10,17,19-20,22H,1-2H3. The van der Waals surface area contributed by atoms with Gasteiger partial charge in [0.2, 0.25) is 0 Å². The lowest BCUT2D eigenvalue weighted by Gasteiger charge is -2.22. The molecule has 5 heteroatoms. The van der Waals surface area contributed by atoms with Crippen LogP contribution in [0.5, 0.6) is 5.75 Å². The van der Waals surface area contributed by atoms with Crippen LogP contribution in [0.1, 0.15) is 25.6 Å². The number of para-hydroxylation sites is 2. The maximum Gasteiger partial charge on any atom is 0.161 e. The third kappa shape index (κ3) is 3.44. The zero-order chi connectivity index (χ0) is 16.1. The number of carbonyl (C=O) groups is 1. The van der Waals surface area contributed by atoms with E-state index in [1.54, 1.807) is 48.7 Å². The quantitative estimate of drug-likeness (QED) is 0.448. The summed E-state index contributed by atoms with van der Waals surface area (Å²) in [7, 11) is 0. The van der Waals surface area contributed by atoms with E-state index in [0.717, 1.165) is 0 Å². The van der Waals surface area contributed by atoms with Crippen molar-refractivity contribution < 1.29 is 15.0 Å². The number of aromatic nitrogens is 1. The van der Waals surface area contributed by atoms with Crippen LogP contribution in [0.25, 0.3) is 0 Å². The molecule has 0 amide bonds. The number of carbonyl (C=O) groups excluding carboxylic acids is 1. The molecule has 0 aliphatic carbocycles. The molecular weight excluding hydrogens is 280 g/mol. The number of aromatic hydroxyl groups is 1. The average molecular weight is 298 g/mol. The number of allylic oxidation sites excluding steroid dienone is 1. The third-order valence-corrected chi connectivity index (χ3v) is 3.25. The summed E-state index contributed by atoms with van der Waals surface area (Å²) in [5.41, 5.74) is 1.24. The molecule has 0 saturated heterocycles. The van der Waals surface area contributed by atoms with Crippen LogP contribution in [0.15, 0.2) is 60.0 Å². The van der Waals surface area contributed by atoms with Gasteiger partial charge in [0.15, 0.2) is 5.78 Å². The Balaban J connectivity index is 2.50. The summed E-state index contributed by atoms with van der Waals surface area (Å²) in [6.07, 6.45) is 1.61. The maximum atomic E-state index is 11.9. The zero-order valence-electron chi connectivity index (χ0n) is 12.4. The van der Waals surface area contributed by atoms with Gasteiger partial charge in [-0.3, -0.25) is 9.78 Å². The van der Waals surface area contributed by atoms with Gasteiger partial charge in [0.05, 0.1) is 22.7 Å². The minimum absolute atomic E-state index is 0.0573. The maximum absolute atomic E-state index is 11.9. The Bertz CT molecular complexity index is 692. The minimum atomic E-state index is -0.656. The molecule has 22 heavy (non-hydrogen) atoms. The number of aliphatic hydroxyl groups is 1. The van der Waals surface area contributed by atoms with Crippen molar-refractivity contribution in [3.8, 4) is 5.75 Å². The van der Waals surface area contributed by atoms with Crippen molar-refractivity contribution in [3.63, 3.8) is 0 Å². The van der Waals surface area contributed by atoms with E-state index in [-0.39, 0.29) is 22.9 Å². The second kappa shape index (κ2) is 6.76. The lowest BCUT2D eigenvalue weighted by Crippen LogP contribution is -2.20. The molecule has 0 bridgehead atoms. The summed E-state index contributed by atoms with van der Waals surface area (Å²) in [6, 6.07) is 11.4. The van der Waals surface area contributed by atoms with Crippen LogP contribution < -0.4 is 5.32 Å². The highest BCUT2D eigenvalue weighted by Crippen LogP contribution is 2.31. The lowest BCUT2D eigenvalue weighted by atomic mass is 9.98. The SMILES string of the molecule is CC(=O)C(=C(C)O)C(Nc1ccccc1O)c1ccccn1. The van der Waals surface area contributed by atoms with Gasteiger partial charge >= 0.3 is 0 Å². The molecule has 0 saturated carbocycles. The normalized spacial score (nSPS) is 13.2. The topological polar surface area (TPSA) is 82.5 Å². The lowest BCUT2D eigenvalue weighted by molar-refractivity contribution is -0.114. The zero-order valence-corrected chi connectivity index (χ0v) is 12.4. The first kappa shape index (κ1) is 15.6. The molecule has 114 valence electrons. The van der Waals surface area contributed by atoms with Gasteiger partial charge in [-0.25, -0.2) is 0 Å². The van der Waals surface area contributed by atoms with Crippen LogP contribution in [-0.4, -0.2) is 21.0 Å². The molecule has 2 aromatic rings. The van der Waals surface area contributed by atoms with Gasteiger partial charge in [0, 0.05) is 6.20 Å². The average Bonchev–Trinajstić information content (AvgIpc) is 2.49. The van der Waals surface area contributed by atoms with E-state index in [1.165, 1.54) is 13.8 Å². The van der Waals surface area contributed by atoms with E-state index in [0.29, 0.717) is 11.4 Å². The number of anilines is 1. The molecule has 0 radical (unpaired) electrons. The van der Waals surface area contributed by atoms with Gasteiger partial charge in [0.1, 0.15) is 11.8 Å². The van der Waals surface area contributed by atoms with Crippen LogP contribution in [-0.2, 0) is 4.79 Å². The van der Waals surface area contributed by atoms with Crippen LogP contribution in [0.2, 0.25) is 0 Å². The Hall–Kier alpha value is -2.82. The van der Waals surface area contributed by atoms with Crippen molar-refractivity contribution >= 4 is 11.5 Å². The summed E-state index contributed by atoms with van der Waals surface area (Å²) in [5.74, 6) is -0.286. The number of pyridine rings is 1. The number of phenolic OH excluding ortho intramolecular Hbond substituents is 1. The smallest absolute Gasteiger partial charge is 0.161 e. The number of benzene rings is 1. The first-order valence-corrected chi connectivity index (χ1v) is 6.87. The molecule has 1 aromatic heterocycles. The molecule has 1 atom stereocenters. The largest absolute Gasteiger partial charge is 0.512 e. The molecule has 1 aromatic carbocycles. The van der Waals surface area contributed by atoms with Gasteiger partial charge < -0.3 is 15.5 Å². The fraction of sp³-hybridized carbons (Fsp3) is 0.176. The van der Waals surface area contributed by atoms with E-state index in [4.69, 9.17) is 0 Å². The van der Waals surface area contributed by atoms with Crippen LogP contribution in [0, 0.1) is 0 Å². The predicted octanol–water partition coefficient (Wildman–Crippen LogP) is 3.36. The van der Waals surface area contributed by atoms with Gasteiger partial charge in [0.25, 0.3) is 0 Å².